The number of imidazole rings is 1. The lowest BCUT2D eigenvalue weighted by Crippen LogP contribution is -2.23. The van der Waals surface area contributed by atoms with Gasteiger partial charge in [-0.2, -0.15) is 4.98 Å². The number of hydrogen-bond acceptors (Lipinski definition) is 4. The van der Waals surface area contributed by atoms with Gasteiger partial charge in [-0.15, -0.1) is 11.6 Å². The van der Waals surface area contributed by atoms with Crippen LogP contribution in [0.3, 0.4) is 0 Å². The highest BCUT2D eigenvalue weighted by Gasteiger charge is 2.12. The van der Waals surface area contributed by atoms with Crippen molar-refractivity contribution in [3.63, 3.8) is 0 Å². The second-order valence-corrected chi connectivity index (χ2v) is 4.67. The summed E-state index contributed by atoms with van der Waals surface area (Å²) in [5.41, 5.74) is 1.69. The molecule has 0 saturated carbocycles. The molecule has 0 amide bonds. The van der Waals surface area contributed by atoms with Crippen LogP contribution in [-0.2, 0) is 12.4 Å². The summed E-state index contributed by atoms with van der Waals surface area (Å²) in [4.78, 5) is 11.2. The van der Waals surface area contributed by atoms with Crippen LogP contribution in [0.15, 0.2) is 12.1 Å². The standard InChI is InChI=1S/C13H19ClN4O/c1-4-17(2)7-8-18-11(9-14)15-10-5-6-12(19-3)16-13(10)18/h5-6H,4,7-9H2,1-3H3. The summed E-state index contributed by atoms with van der Waals surface area (Å²) >= 11 is 5.97. The predicted octanol–water partition coefficient (Wildman–Crippen LogP) is 2.13. The lowest BCUT2D eigenvalue weighted by molar-refractivity contribution is 0.335. The summed E-state index contributed by atoms with van der Waals surface area (Å²) in [6.07, 6.45) is 0. The van der Waals surface area contributed by atoms with Gasteiger partial charge in [0.25, 0.3) is 0 Å². The first-order chi connectivity index (χ1) is 9.19. The maximum absolute atomic E-state index is 5.97. The average molecular weight is 283 g/mol. The van der Waals surface area contributed by atoms with Crippen LogP contribution in [-0.4, -0.2) is 46.7 Å². The predicted molar refractivity (Wildman–Crippen MR) is 76.8 cm³/mol. The Bertz CT molecular complexity index is 555. The first-order valence-electron chi connectivity index (χ1n) is 6.34. The second-order valence-electron chi connectivity index (χ2n) is 4.41. The normalized spacial score (nSPS) is 11.4. The van der Waals surface area contributed by atoms with Crippen LogP contribution in [0.1, 0.15) is 12.7 Å². The number of halogens is 1. The van der Waals surface area contributed by atoms with E-state index in [1.54, 1.807) is 7.11 Å². The zero-order valence-corrected chi connectivity index (χ0v) is 12.3. The van der Waals surface area contributed by atoms with E-state index in [1.807, 2.05) is 12.1 Å². The first-order valence-corrected chi connectivity index (χ1v) is 6.87. The summed E-state index contributed by atoms with van der Waals surface area (Å²) in [5.74, 6) is 1.83. The maximum Gasteiger partial charge on any atom is 0.215 e. The fourth-order valence-corrected chi connectivity index (χ4v) is 2.11. The second kappa shape index (κ2) is 6.21. The van der Waals surface area contributed by atoms with Crippen LogP contribution in [0.2, 0.25) is 0 Å². The van der Waals surface area contributed by atoms with Crippen molar-refractivity contribution in [2.45, 2.75) is 19.3 Å². The van der Waals surface area contributed by atoms with Crippen molar-refractivity contribution >= 4 is 22.8 Å². The van der Waals surface area contributed by atoms with E-state index < -0.39 is 0 Å². The zero-order chi connectivity index (χ0) is 13.8. The summed E-state index contributed by atoms with van der Waals surface area (Å²) < 4.78 is 7.24. The van der Waals surface area contributed by atoms with Gasteiger partial charge in [0.2, 0.25) is 5.88 Å². The third kappa shape index (κ3) is 2.98. The fourth-order valence-electron chi connectivity index (χ4n) is 1.91. The SMILES string of the molecule is CCN(C)CCn1c(CCl)nc2ccc(OC)nc21. The highest BCUT2D eigenvalue weighted by molar-refractivity contribution is 6.16. The van der Waals surface area contributed by atoms with E-state index in [9.17, 15) is 0 Å². The molecule has 0 bridgehead atoms. The molecule has 0 fully saturated rings. The fraction of sp³-hybridized carbons (Fsp3) is 0.538. The smallest absolute Gasteiger partial charge is 0.215 e. The van der Waals surface area contributed by atoms with Gasteiger partial charge in [-0.25, -0.2) is 4.98 Å². The van der Waals surface area contributed by atoms with Gasteiger partial charge < -0.3 is 14.2 Å². The third-order valence-electron chi connectivity index (χ3n) is 3.22. The minimum atomic E-state index is 0.383. The molecule has 2 aromatic rings. The first kappa shape index (κ1) is 14.1. The van der Waals surface area contributed by atoms with Gasteiger partial charge in [0.15, 0.2) is 5.65 Å². The summed E-state index contributed by atoms with van der Waals surface area (Å²) in [6.45, 7) is 4.91. The lowest BCUT2D eigenvalue weighted by atomic mass is 10.4. The third-order valence-corrected chi connectivity index (χ3v) is 3.46. The molecule has 0 unspecified atom stereocenters. The number of pyridine rings is 1. The molecule has 5 nitrogen and oxygen atoms in total. The Morgan fingerprint density at radius 2 is 2.16 bits per heavy atom. The number of fused-ring (bicyclic) bond motifs is 1. The maximum atomic E-state index is 5.97. The van der Waals surface area contributed by atoms with Crippen molar-refractivity contribution in [1.29, 1.82) is 0 Å². The van der Waals surface area contributed by atoms with Crippen molar-refractivity contribution in [1.82, 2.24) is 19.4 Å². The molecular formula is C13H19ClN4O. The van der Waals surface area contributed by atoms with Crippen LogP contribution < -0.4 is 4.74 Å². The quantitative estimate of drug-likeness (QED) is 0.762. The minimum absolute atomic E-state index is 0.383. The Balaban J connectivity index is 2.37. The van der Waals surface area contributed by atoms with E-state index >= 15 is 0 Å². The zero-order valence-electron chi connectivity index (χ0n) is 11.6. The van der Waals surface area contributed by atoms with E-state index in [0.29, 0.717) is 11.8 Å². The van der Waals surface area contributed by atoms with Gasteiger partial charge in [-0.1, -0.05) is 6.92 Å². The van der Waals surface area contributed by atoms with Crippen molar-refractivity contribution < 1.29 is 4.74 Å². The largest absolute Gasteiger partial charge is 0.481 e. The van der Waals surface area contributed by atoms with Crippen LogP contribution in [0.5, 0.6) is 5.88 Å². The van der Waals surface area contributed by atoms with Crippen molar-refractivity contribution in [2.75, 3.05) is 27.2 Å². The molecule has 6 heteroatoms. The molecule has 0 aliphatic carbocycles. The van der Waals surface area contributed by atoms with E-state index in [4.69, 9.17) is 16.3 Å². The number of rotatable bonds is 6. The molecule has 0 saturated heterocycles. The average Bonchev–Trinajstić information content (AvgIpc) is 2.81. The van der Waals surface area contributed by atoms with Gasteiger partial charge in [0.05, 0.1) is 13.0 Å². The number of methoxy groups -OCH3 is 1. The van der Waals surface area contributed by atoms with Crippen LogP contribution in [0.25, 0.3) is 11.2 Å². The molecule has 0 aromatic carbocycles. The molecule has 19 heavy (non-hydrogen) atoms. The van der Waals surface area contributed by atoms with Gasteiger partial charge in [-0.3, -0.25) is 0 Å². The molecular weight excluding hydrogens is 264 g/mol. The molecule has 0 aliphatic heterocycles. The van der Waals surface area contributed by atoms with Crippen molar-refractivity contribution in [3.05, 3.63) is 18.0 Å². The molecule has 0 N–H and O–H groups in total. The number of aromatic nitrogens is 3. The van der Waals surface area contributed by atoms with E-state index in [0.717, 1.165) is 36.6 Å². The monoisotopic (exact) mass is 282 g/mol. The summed E-state index contributed by atoms with van der Waals surface area (Å²) in [6, 6.07) is 3.73. The Morgan fingerprint density at radius 1 is 1.37 bits per heavy atom. The van der Waals surface area contributed by atoms with Crippen LogP contribution >= 0.6 is 11.6 Å². The molecule has 0 aliphatic rings. The van der Waals surface area contributed by atoms with Crippen molar-refractivity contribution in [2.24, 2.45) is 0 Å². The van der Waals surface area contributed by atoms with Gasteiger partial charge >= 0.3 is 0 Å². The molecule has 0 spiro atoms. The van der Waals surface area contributed by atoms with Gasteiger partial charge in [0.1, 0.15) is 11.3 Å². The molecule has 0 radical (unpaired) electrons. The van der Waals surface area contributed by atoms with Gasteiger partial charge in [-0.05, 0) is 19.7 Å². The van der Waals surface area contributed by atoms with Crippen LogP contribution in [0.4, 0.5) is 0 Å². The summed E-state index contributed by atoms with van der Waals surface area (Å²) in [7, 11) is 3.70. The molecule has 104 valence electrons. The Hall–Kier alpha value is -1.33. The van der Waals surface area contributed by atoms with E-state index in [-0.39, 0.29) is 0 Å². The van der Waals surface area contributed by atoms with E-state index in [1.165, 1.54) is 0 Å². The highest BCUT2D eigenvalue weighted by Crippen LogP contribution is 2.19. The van der Waals surface area contributed by atoms with E-state index in [2.05, 4.69) is 33.4 Å². The minimum Gasteiger partial charge on any atom is -0.481 e. The van der Waals surface area contributed by atoms with Crippen LogP contribution in [0, 0.1) is 0 Å². The molecule has 2 aromatic heterocycles. The van der Waals surface area contributed by atoms with Crippen molar-refractivity contribution in [3.8, 4) is 5.88 Å². The number of likely N-dealkylation sites (N-methyl/N-ethyl adjacent to an activating group) is 1. The Morgan fingerprint density at radius 3 is 2.79 bits per heavy atom. The lowest BCUT2D eigenvalue weighted by Gasteiger charge is -2.15. The topological polar surface area (TPSA) is 43.2 Å². The molecule has 2 heterocycles. The van der Waals surface area contributed by atoms with Gasteiger partial charge in [0, 0.05) is 19.2 Å². The highest BCUT2D eigenvalue weighted by atomic mass is 35.5. The number of hydrogen-bond donors (Lipinski definition) is 0. The molecule has 2 rings (SSSR count). The number of nitrogens with zero attached hydrogens (tertiary/aromatic N) is 4. The Kier molecular flexibility index (Phi) is 4.61. The summed E-state index contributed by atoms with van der Waals surface area (Å²) in [5, 5.41) is 0. The molecule has 0 atom stereocenters. The number of ether oxygens (including phenoxy) is 1. The Labute approximate surface area is 118 Å². The number of alkyl halides is 1.